The van der Waals surface area contributed by atoms with Gasteiger partial charge in [-0.3, -0.25) is 0 Å². The van der Waals surface area contributed by atoms with Gasteiger partial charge in [0.05, 0.1) is 11.4 Å². The van der Waals surface area contributed by atoms with Gasteiger partial charge in [0.25, 0.3) is 0 Å². The molecular weight excluding hydrogens is 234 g/mol. The Morgan fingerprint density at radius 3 is 2.53 bits per heavy atom. The predicted molar refractivity (Wildman–Crippen MR) is 82.1 cm³/mol. The molecule has 0 aliphatic carbocycles. The second kappa shape index (κ2) is 6.29. The molecule has 3 nitrogen and oxygen atoms in total. The van der Waals surface area contributed by atoms with E-state index in [9.17, 15) is 0 Å². The van der Waals surface area contributed by atoms with Gasteiger partial charge < -0.3 is 15.1 Å². The van der Waals surface area contributed by atoms with E-state index in [0.29, 0.717) is 0 Å². The van der Waals surface area contributed by atoms with Crippen LogP contribution in [-0.2, 0) is 0 Å². The summed E-state index contributed by atoms with van der Waals surface area (Å²) in [6.45, 7) is 7.18. The summed E-state index contributed by atoms with van der Waals surface area (Å²) in [5.41, 5.74) is 2.67. The zero-order chi connectivity index (χ0) is 12.9. The van der Waals surface area contributed by atoms with E-state index in [1.807, 2.05) is 0 Å². The summed E-state index contributed by atoms with van der Waals surface area (Å²) >= 11 is 0. The Balaban J connectivity index is 1.58. The third-order valence-electron chi connectivity index (χ3n) is 4.33. The van der Waals surface area contributed by atoms with Crippen molar-refractivity contribution in [1.82, 2.24) is 4.90 Å². The maximum absolute atomic E-state index is 3.49. The van der Waals surface area contributed by atoms with Crippen LogP contribution >= 0.6 is 0 Å². The van der Waals surface area contributed by atoms with Crippen LogP contribution in [0.15, 0.2) is 24.3 Å². The molecule has 1 aromatic rings. The number of para-hydroxylation sites is 2. The van der Waals surface area contributed by atoms with Crippen LogP contribution in [0.25, 0.3) is 0 Å². The predicted octanol–water partition coefficient (Wildman–Crippen LogP) is 2.79. The van der Waals surface area contributed by atoms with Crippen molar-refractivity contribution in [1.29, 1.82) is 0 Å². The summed E-state index contributed by atoms with van der Waals surface area (Å²) in [4.78, 5) is 5.19. The number of hydrogen-bond donors (Lipinski definition) is 1. The fraction of sp³-hybridized carbons (Fsp3) is 0.625. The monoisotopic (exact) mass is 259 g/mol. The van der Waals surface area contributed by atoms with Crippen molar-refractivity contribution in [3.8, 4) is 0 Å². The lowest BCUT2D eigenvalue weighted by molar-refractivity contribution is 0.290. The highest BCUT2D eigenvalue weighted by molar-refractivity contribution is 5.71. The Kier molecular flexibility index (Phi) is 4.23. The summed E-state index contributed by atoms with van der Waals surface area (Å²) < 4.78 is 0. The van der Waals surface area contributed by atoms with Gasteiger partial charge in [-0.25, -0.2) is 0 Å². The van der Waals surface area contributed by atoms with Crippen LogP contribution in [0, 0.1) is 0 Å². The molecule has 1 fully saturated rings. The van der Waals surface area contributed by atoms with Gasteiger partial charge in [0, 0.05) is 26.2 Å². The molecule has 1 saturated heterocycles. The lowest BCUT2D eigenvalue weighted by atomic mass is 10.2. The lowest BCUT2D eigenvalue weighted by Gasteiger charge is -2.33. The highest BCUT2D eigenvalue weighted by Gasteiger charge is 2.17. The van der Waals surface area contributed by atoms with Crippen molar-refractivity contribution in [2.75, 3.05) is 49.5 Å². The van der Waals surface area contributed by atoms with E-state index < -0.39 is 0 Å². The van der Waals surface area contributed by atoms with Crippen molar-refractivity contribution in [3.63, 3.8) is 0 Å². The van der Waals surface area contributed by atoms with Crippen molar-refractivity contribution in [2.24, 2.45) is 0 Å². The molecule has 0 bridgehead atoms. The molecule has 2 heterocycles. The Hall–Kier alpha value is -1.22. The Labute approximate surface area is 116 Å². The van der Waals surface area contributed by atoms with Crippen LogP contribution in [0.2, 0.25) is 0 Å². The molecule has 1 aromatic carbocycles. The molecule has 2 aliphatic rings. The molecule has 19 heavy (non-hydrogen) atoms. The molecular formula is C16H25N3. The number of hydrogen-bond acceptors (Lipinski definition) is 3. The first-order valence-electron chi connectivity index (χ1n) is 7.74. The summed E-state index contributed by atoms with van der Waals surface area (Å²) in [6.07, 6.45) is 5.62. The smallest absolute Gasteiger partial charge is 0.0603 e. The molecule has 0 aromatic heterocycles. The SMILES string of the molecule is c1ccc2c(c1)NCCN2CCN1CCCCCC1. The maximum atomic E-state index is 3.49. The molecule has 0 amide bonds. The Bertz CT molecular complexity index is 397. The summed E-state index contributed by atoms with van der Waals surface area (Å²) in [5.74, 6) is 0. The molecule has 3 heteroatoms. The molecule has 1 N–H and O–H groups in total. The van der Waals surface area contributed by atoms with Gasteiger partial charge in [-0.1, -0.05) is 25.0 Å². The molecule has 0 spiro atoms. The third-order valence-corrected chi connectivity index (χ3v) is 4.33. The second-order valence-corrected chi connectivity index (χ2v) is 5.69. The quantitative estimate of drug-likeness (QED) is 0.900. The fourth-order valence-corrected chi connectivity index (χ4v) is 3.20. The van der Waals surface area contributed by atoms with Crippen LogP contribution in [-0.4, -0.2) is 44.2 Å². The first kappa shape index (κ1) is 12.8. The second-order valence-electron chi connectivity index (χ2n) is 5.69. The number of rotatable bonds is 3. The van der Waals surface area contributed by atoms with Gasteiger partial charge >= 0.3 is 0 Å². The van der Waals surface area contributed by atoms with Crippen LogP contribution < -0.4 is 10.2 Å². The van der Waals surface area contributed by atoms with Gasteiger partial charge in [-0.2, -0.15) is 0 Å². The minimum atomic E-state index is 1.07. The largest absolute Gasteiger partial charge is 0.382 e. The number of anilines is 2. The standard InChI is InChI=1S/C16H25N3/c1-2-6-11-18(10-5-1)13-14-19-12-9-17-15-7-3-4-8-16(15)19/h3-4,7-8,17H,1-2,5-6,9-14H2. The Morgan fingerprint density at radius 1 is 0.895 bits per heavy atom. The number of benzene rings is 1. The van der Waals surface area contributed by atoms with E-state index in [1.54, 1.807) is 0 Å². The number of nitrogens with zero attached hydrogens (tertiary/aromatic N) is 2. The van der Waals surface area contributed by atoms with Gasteiger partial charge in [0.15, 0.2) is 0 Å². The van der Waals surface area contributed by atoms with E-state index in [4.69, 9.17) is 0 Å². The number of nitrogens with one attached hydrogen (secondary N) is 1. The van der Waals surface area contributed by atoms with Gasteiger partial charge in [-0.05, 0) is 38.1 Å². The minimum absolute atomic E-state index is 1.07. The Morgan fingerprint density at radius 2 is 1.68 bits per heavy atom. The highest BCUT2D eigenvalue weighted by Crippen LogP contribution is 2.28. The molecule has 3 rings (SSSR count). The van der Waals surface area contributed by atoms with Crippen LogP contribution in [0.4, 0.5) is 11.4 Å². The zero-order valence-electron chi connectivity index (χ0n) is 11.8. The van der Waals surface area contributed by atoms with Crippen molar-refractivity contribution < 1.29 is 0 Å². The van der Waals surface area contributed by atoms with E-state index >= 15 is 0 Å². The van der Waals surface area contributed by atoms with Gasteiger partial charge in [-0.15, -0.1) is 0 Å². The minimum Gasteiger partial charge on any atom is -0.382 e. The van der Waals surface area contributed by atoms with Crippen LogP contribution in [0.5, 0.6) is 0 Å². The molecule has 0 atom stereocenters. The van der Waals surface area contributed by atoms with Gasteiger partial charge in [0.1, 0.15) is 0 Å². The lowest BCUT2D eigenvalue weighted by Crippen LogP contribution is -2.40. The molecule has 104 valence electrons. The molecule has 2 aliphatic heterocycles. The van der Waals surface area contributed by atoms with Crippen LogP contribution in [0.1, 0.15) is 25.7 Å². The third kappa shape index (κ3) is 3.21. The first-order valence-corrected chi connectivity index (χ1v) is 7.74. The molecule has 0 unspecified atom stereocenters. The van der Waals surface area contributed by atoms with Crippen molar-refractivity contribution in [3.05, 3.63) is 24.3 Å². The highest BCUT2D eigenvalue weighted by atomic mass is 15.2. The molecule has 0 saturated carbocycles. The summed E-state index contributed by atoms with van der Waals surface area (Å²) in [7, 11) is 0. The van der Waals surface area contributed by atoms with E-state index in [1.165, 1.54) is 63.2 Å². The normalized spacial score (nSPS) is 20.5. The van der Waals surface area contributed by atoms with Gasteiger partial charge in [0.2, 0.25) is 0 Å². The first-order chi connectivity index (χ1) is 9.43. The summed E-state index contributed by atoms with van der Waals surface area (Å²) in [6, 6.07) is 8.69. The van der Waals surface area contributed by atoms with E-state index in [0.717, 1.165) is 13.1 Å². The zero-order valence-corrected chi connectivity index (χ0v) is 11.8. The fourth-order valence-electron chi connectivity index (χ4n) is 3.20. The average molecular weight is 259 g/mol. The maximum Gasteiger partial charge on any atom is 0.0603 e. The van der Waals surface area contributed by atoms with E-state index in [-0.39, 0.29) is 0 Å². The van der Waals surface area contributed by atoms with E-state index in [2.05, 4.69) is 39.4 Å². The molecule has 0 radical (unpaired) electrons. The summed E-state index contributed by atoms with van der Waals surface area (Å²) in [5, 5.41) is 3.49. The average Bonchev–Trinajstić information content (AvgIpc) is 2.74. The topological polar surface area (TPSA) is 18.5 Å². The number of fused-ring (bicyclic) bond motifs is 1. The van der Waals surface area contributed by atoms with Crippen molar-refractivity contribution in [2.45, 2.75) is 25.7 Å². The van der Waals surface area contributed by atoms with Crippen molar-refractivity contribution >= 4 is 11.4 Å². The van der Waals surface area contributed by atoms with Crippen LogP contribution in [0.3, 0.4) is 0 Å². The number of likely N-dealkylation sites (tertiary alicyclic amines) is 1.